The summed E-state index contributed by atoms with van der Waals surface area (Å²) in [5, 5.41) is 0.821. The Kier molecular flexibility index (Phi) is 6.49. The van der Waals surface area contributed by atoms with Crippen molar-refractivity contribution in [2.75, 3.05) is 26.2 Å². The Morgan fingerprint density at radius 1 is 1.48 bits per heavy atom. The molecule has 21 heavy (non-hydrogen) atoms. The number of likely N-dealkylation sites (tertiary alicyclic amines) is 1. The van der Waals surface area contributed by atoms with Gasteiger partial charge in [-0.05, 0) is 49.9 Å². The number of benzene rings is 1. The van der Waals surface area contributed by atoms with Crippen LogP contribution in [0.4, 0.5) is 0 Å². The standard InChI is InChI=1S/C17H27ClN2O/c1-3-9-21-15-5-4-8-20(12-15)17(11-19)14-7-6-13(2)16(18)10-14/h6-7,10,15,17H,3-5,8-9,11-12,19H2,1-2H3. The summed E-state index contributed by atoms with van der Waals surface area (Å²) >= 11 is 6.27. The van der Waals surface area contributed by atoms with Gasteiger partial charge in [0.2, 0.25) is 0 Å². The summed E-state index contributed by atoms with van der Waals surface area (Å²) in [6.45, 7) is 7.69. The number of rotatable bonds is 6. The molecule has 0 spiro atoms. The molecule has 1 aliphatic rings. The molecule has 2 rings (SSSR count). The van der Waals surface area contributed by atoms with Gasteiger partial charge in [0.25, 0.3) is 0 Å². The molecule has 2 unspecified atom stereocenters. The van der Waals surface area contributed by atoms with E-state index in [1.807, 2.05) is 6.92 Å². The van der Waals surface area contributed by atoms with E-state index >= 15 is 0 Å². The molecule has 2 N–H and O–H groups in total. The third kappa shape index (κ3) is 4.43. The zero-order valence-electron chi connectivity index (χ0n) is 13.1. The summed E-state index contributed by atoms with van der Waals surface area (Å²) in [4.78, 5) is 2.45. The molecule has 0 amide bonds. The molecule has 1 aliphatic heterocycles. The van der Waals surface area contributed by atoms with Gasteiger partial charge in [0.15, 0.2) is 0 Å². The fraction of sp³-hybridized carbons (Fsp3) is 0.647. The minimum atomic E-state index is 0.233. The lowest BCUT2D eigenvalue weighted by atomic mass is 9.99. The predicted molar refractivity (Wildman–Crippen MR) is 88.8 cm³/mol. The van der Waals surface area contributed by atoms with E-state index in [1.165, 1.54) is 12.0 Å². The number of hydrogen-bond acceptors (Lipinski definition) is 3. The van der Waals surface area contributed by atoms with Gasteiger partial charge in [0.05, 0.1) is 6.10 Å². The average Bonchev–Trinajstić information content (AvgIpc) is 2.50. The predicted octanol–water partition coefficient (Wildman–Crippen LogP) is 3.54. The topological polar surface area (TPSA) is 38.5 Å². The molecule has 0 radical (unpaired) electrons. The van der Waals surface area contributed by atoms with Crippen molar-refractivity contribution in [2.24, 2.45) is 5.73 Å². The maximum absolute atomic E-state index is 6.27. The Balaban J connectivity index is 2.07. The summed E-state index contributed by atoms with van der Waals surface area (Å²) in [7, 11) is 0. The first-order valence-corrected chi connectivity index (χ1v) is 8.35. The van der Waals surface area contributed by atoms with Crippen molar-refractivity contribution < 1.29 is 4.74 Å². The lowest BCUT2D eigenvalue weighted by Crippen LogP contribution is -2.44. The maximum Gasteiger partial charge on any atom is 0.0702 e. The molecular weight excluding hydrogens is 284 g/mol. The normalized spacial score (nSPS) is 21.4. The van der Waals surface area contributed by atoms with Crippen molar-refractivity contribution in [1.29, 1.82) is 0 Å². The quantitative estimate of drug-likeness (QED) is 0.873. The molecule has 0 bridgehead atoms. The number of aryl methyl sites for hydroxylation is 1. The van der Waals surface area contributed by atoms with E-state index in [1.54, 1.807) is 0 Å². The van der Waals surface area contributed by atoms with Crippen LogP contribution in [0.5, 0.6) is 0 Å². The summed E-state index contributed by atoms with van der Waals surface area (Å²) in [5.74, 6) is 0. The highest BCUT2D eigenvalue weighted by molar-refractivity contribution is 6.31. The molecule has 0 saturated carbocycles. The highest BCUT2D eigenvalue weighted by Gasteiger charge is 2.26. The van der Waals surface area contributed by atoms with Crippen LogP contribution < -0.4 is 5.73 Å². The Labute approximate surface area is 133 Å². The Morgan fingerprint density at radius 3 is 2.95 bits per heavy atom. The molecule has 118 valence electrons. The van der Waals surface area contributed by atoms with Crippen LogP contribution in [0, 0.1) is 6.92 Å². The molecular formula is C17H27ClN2O. The fourth-order valence-electron chi connectivity index (χ4n) is 2.98. The average molecular weight is 311 g/mol. The minimum absolute atomic E-state index is 0.233. The molecule has 1 aromatic carbocycles. The highest BCUT2D eigenvalue weighted by Crippen LogP contribution is 2.28. The zero-order chi connectivity index (χ0) is 15.2. The largest absolute Gasteiger partial charge is 0.377 e. The Morgan fingerprint density at radius 2 is 2.29 bits per heavy atom. The van der Waals surface area contributed by atoms with Gasteiger partial charge in [0, 0.05) is 30.8 Å². The first kappa shape index (κ1) is 16.8. The van der Waals surface area contributed by atoms with E-state index in [0.717, 1.165) is 43.1 Å². The molecule has 4 heteroatoms. The van der Waals surface area contributed by atoms with Gasteiger partial charge in [-0.25, -0.2) is 0 Å². The van der Waals surface area contributed by atoms with Crippen LogP contribution in [0.1, 0.15) is 43.4 Å². The molecule has 1 saturated heterocycles. The number of piperidine rings is 1. The van der Waals surface area contributed by atoms with Gasteiger partial charge in [-0.15, -0.1) is 0 Å². The third-order valence-electron chi connectivity index (χ3n) is 4.21. The van der Waals surface area contributed by atoms with Gasteiger partial charge in [0.1, 0.15) is 0 Å². The van der Waals surface area contributed by atoms with E-state index in [0.29, 0.717) is 12.6 Å². The van der Waals surface area contributed by atoms with E-state index in [9.17, 15) is 0 Å². The van der Waals surface area contributed by atoms with Crippen LogP contribution >= 0.6 is 11.6 Å². The van der Waals surface area contributed by atoms with E-state index < -0.39 is 0 Å². The number of nitrogens with two attached hydrogens (primary N) is 1. The molecule has 0 aliphatic carbocycles. The number of nitrogens with zero attached hydrogens (tertiary/aromatic N) is 1. The van der Waals surface area contributed by atoms with Crippen molar-refractivity contribution in [3.63, 3.8) is 0 Å². The zero-order valence-corrected chi connectivity index (χ0v) is 13.9. The second kappa shape index (κ2) is 8.14. The van der Waals surface area contributed by atoms with E-state index in [4.69, 9.17) is 22.1 Å². The summed E-state index contributed by atoms with van der Waals surface area (Å²) < 4.78 is 5.93. The highest BCUT2D eigenvalue weighted by atomic mass is 35.5. The van der Waals surface area contributed by atoms with Crippen LogP contribution in [0.25, 0.3) is 0 Å². The van der Waals surface area contributed by atoms with Crippen molar-refractivity contribution in [3.05, 3.63) is 34.3 Å². The molecule has 0 aromatic heterocycles. The summed E-state index contributed by atoms with van der Waals surface area (Å²) in [5.41, 5.74) is 8.37. The smallest absolute Gasteiger partial charge is 0.0702 e. The van der Waals surface area contributed by atoms with Crippen LogP contribution in [0.2, 0.25) is 5.02 Å². The van der Waals surface area contributed by atoms with Crippen LogP contribution in [-0.4, -0.2) is 37.2 Å². The van der Waals surface area contributed by atoms with Gasteiger partial charge < -0.3 is 10.5 Å². The van der Waals surface area contributed by atoms with E-state index in [-0.39, 0.29) is 6.04 Å². The van der Waals surface area contributed by atoms with Crippen molar-refractivity contribution >= 4 is 11.6 Å². The first-order chi connectivity index (χ1) is 10.2. The molecule has 1 fully saturated rings. The summed E-state index contributed by atoms with van der Waals surface area (Å²) in [6.07, 6.45) is 3.74. The number of hydrogen-bond donors (Lipinski definition) is 1. The van der Waals surface area contributed by atoms with E-state index in [2.05, 4.69) is 30.0 Å². The maximum atomic E-state index is 6.27. The van der Waals surface area contributed by atoms with Crippen LogP contribution in [-0.2, 0) is 4.74 Å². The molecule has 1 heterocycles. The van der Waals surface area contributed by atoms with Crippen molar-refractivity contribution in [1.82, 2.24) is 4.90 Å². The fourth-order valence-corrected chi connectivity index (χ4v) is 3.17. The first-order valence-electron chi connectivity index (χ1n) is 7.97. The van der Waals surface area contributed by atoms with Gasteiger partial charge in [-0.1, -0.05) is 30.7 Å². The minimum Gasteiger partial charge on any atom is -0.377 e. The number of halogens is 1. The second-order valence-corrected chi connectivity index (χ2v) is 6.30. The SMILES string of the molecule is CCCOC1CCCN(C(CN)c2ccc(C)c(Cl)c2)C1. The third-order valence-corrected chi connectivity index (χ3v) is 4.62. The van der Waals surface area contributed by atoms with Gasteiger partial charge >= 0.3 is 0 Å². The van der Waals surface area contributed by atoms with Crippen LogP contribution in [0.15, 0.2) is 18.2 Å². The molecule has 3 nitrogen and oxygen atoms in total. The summed E-state index contributed by atoms with van der Waals surface area (Å²) in [6, 6.07) is 6.52. The lowest BCUT2D eigenvalue weighted by molar-refractivity contribution is -0.0118. The van der Waals surface area contributed by atoms with Gasteiger partial charge in [-0.3, -0.25) is 4.90 Å². The Bertz CT molecular complexity index is 452. The second-order valence-electron chi connectivity index (χ2n) is 5.89. The van der Waals surface area contributed by atoms with Crippen molar-refractivity contribution in [3.8, 4) is 0 Å². The molecule has 2 atom stereocenters. The van der Waals surface area contributed by atoms with Crippen LogP contribution in [0.3, 0.4) is 0 Å². The number of ether oxygens (including phenoxy) is 1. The lowest BCUT2D eigenvalue weighted by Gasteiger charge is -2.38. The monoisotopic (exact) mass is 310 g/mol. The molecule has 1 aromatic rings. The van der Waals surface area contributed by atoms with Crippen molar-refractivity contribution in [2.45, 2.75) is 45.3 Å². The Hall–Kier alpha value is -0.610. The van der Waals surface area contributed by atoms with Gasteiger partial charge in [-0.2, -0.15) is 0 Å².